The third-order valence-corrected chi connectivity index (χ3v) is 3.50. The summed E-state index contributed by atoms with van der Waals surface area (Å²) in [5, 5.41) is 0.648. The predicted octanol–water partition coefficient (Wildman–Crippen LogP) is 3.09. The zero-order valence-electron chi connectivity index (χ0n) is 12.7. The number of carbonyl (C=O) groups is 1. The summed E-state index contributed by atoms with van der Waals surface area (Å²) in [5.41, 5.74) is 5.43. The molecular formula is C16H25ClN2O2. The van der Waals surface area contributed by atoms with Crippen molar-refractivity contribution in [3.63, 3.8) is 0 Å². The van der Waals surface area contributed by atoms with Crippen LogP contribution in [-0.4, -0.2) is 37.6 Å². The minimum absolute atomic E-state index is 0.164. The van der Waals surface area contributed by atoms with Gasteiger partial charge in [0.2, 0.25) is 5.91 Å². The van der Waals surface area contributed by atoms with Gasteiger partial charge in [-0.3, -0.25) is 4.79 Å². The molecule has 0 aliphatic heterocycles. The molecule has 2 N–H and O–H groups in total. The van der Waals surface area contributed by atoms with Gasteiger partial charge in [-0.15, -0.1) is 0 Å². The Morgan fingerprint density at radius 3 is 2.76 bits per heavy atom. The van der Waals surface area contributed by atoms with Crippen molar-refractivity contribution in [1.82, 2.24) is 4.90 Å². The van der Waals surface area contributed by atoms with E-state index in [9.17, 15) is 4.79 Å². The molecule has 0 heterocycles. The van der Waals surface area contributed by atoms with Crippen LogP contribution < -0.4 is 10.5 Å². The van der Waals surface area contributed by atoms with Gasteiger partial charge in [-0.1, -0.05) is 30.5 Å². The third-order valence-electron chi connectivity index (χ3n) is 3.26. The van der Waals surface area contributed by atoms with Crippen molar-refractivity contribution in [3.05, 3.63) is 29.3 Å². The molecule has 0 spiro atoms. The van der Waals surface area contributed by atoms with Crippen LogP contribution in [0.5, 0.6) is 5.75 Å². The van der Waals surface area contributed by atoms with Crippen LogP contribution in [0.25, 0.3) is 0 Å². The zero-order valence-corrected chi connectivity index (χ0v) is 13.4. The number of unbranched alkanes of at least 4 members (excludes halogenated alkanes) is 3. The van der Waals surface area contributed by atoms with E-state index in [0.29, 0.717) is 24.6 Å². The van der Waals surface area contributed by atoms with Gasteiger partial charge in [-0.2, -0.15) is 0 Å². The molecule has 0 aliphatic carbocycles. The number of amides is 1. The highest BCUT2D eigenvalue weighted by molar-refractivity contribution is 6.30. The summed E-state index contributed by atoms with van der Waals surface area (Å²) in [4.78, 5) is 13.6. The van der Waals surface area contributed by atoms with Crippen LogP contribution in [0.2, 0.25) is 5.02 Å². The first kappa shape index (κ1) is 17.8. The smallest absolute Gasteiger partial charge is 0.222 e. The highest BCUT2D eigenvalue weighted by Gasteiger charge is 2.08. The van der Waals surface area contributed by atoms with E-state index in [1.807, 2.05) is 19.2 Å². The van der Waals surface area contributed by atoms with Crippen LogP contribution in [0, 0.1) is 0 Å². The Hall–Kier alpha value is -1.26. The van der Waals surface area contributed by atoms with Gasteiger partial charge < -0.3 is 15.4 Å². The topological polar surface area (TPSA) is 55.6 Å². The minimum Gasteiger partial charge on any atom is -0.492 e. The predicted molar refractivity (Wildman–Crippen MR) is 86.7 cm³/mol. The fourth-order valence-corrected chi connectivity index (χ4v) is 2.13. The average Bonchev–Trinajstić information content (AvgIpc) is 2.46. The number of ether oxygens (including phenoxy) is 1. The molecule has 1 aromatic carbocycles. The molecule has 0 saturated heterocycles. The molecule has 0 aliphatic rings. The van der Waals surface area contributed by atoms with Crippen LogP contribution in [0.4, 0.5) is 0 Å². The number of benzene rings is 1. The summed E-state index contributed by atoms with van der Waals surface area (Å²) < 4.78 is 5.57. The number of carbonyl (C=O) groups excluding carboxylic acids is 1. The molecule has 0 atom stereocenters. The first-order valence-electron chi connectivity index (χ1n) is 7.46. The quantitative estimate of drug-likeness (QED) is 0.675. The first-order chi connectivity index (χ1) is 10.1. The number of halogens is 1. The lowest BCUT2D eigenvalue weighted by atomic mass is 10.1. The molecule has 1 aromatic rings. The zero-order chi connectivity index (χ0) is 15.5. The van der Waals surface area contributed by atoms with E-state index < -0.39 is 0 Å². The van der Waals surface area contributed by atoms with Crippen molar-refractivity contribution >= 4 is 17.5 Å². The van der Waals surface area contributed by atoms with Crippen molar-refractivity contribution in [3.8, 4) is 5.75 Å². The average molecular weight is 313 g/mol. The van der Waals surface area contributed by atoms with Crippen LogP contribution in [-0.2, 0) is 4.79 Å². The monoisotopic (exact) mass is 312 g/mol. The number of nitrogens with two attached hydrogens (primary N) is 1. The SMILES string of the molecule is CN(CCOc1cccc(Cl)c1)C(=O)CCCCCCN. The number of nitrogens with zero attached hydrogens (tertiary/aromatic N) is 1. The Labute approximate surface area is 132 Å². The molecule has 0 fully saturated rings. The van der Waals surface area contributed by atoms with E-state index >= 15 is 0 Å². The van der Waals surface area contributed by atoms with Gasteiger partial charge in [0.1, 0.15) is 12.4 Å². The van der Waals surface area contributed by atoms with E-state index in [1.54, 1.807) is 17.0 Å². The fourth-order valence-electron chi connectivity index (χ4n) is 1.95. The van der Waals surface area contributed by atoms with Crippen molar-refractivity contribution in [2.45, 2.75) is 32.1 Å². The van der Waals surface area contributed by atoms with E-state index in [-0.39, 0.29) is 5.91 Å². The van der Waals surface area contributed by atoms with Gasteiger partial charge in [-0.25, -0.2) is 0 Å². The van der Waals surface area contributed by atoms with Crippen LogP contribution in [0.1, 0.15) is 32.1 Å². The van der Waals surface area contributed by atoms with E-state index in [2.05, 4.69) is 0 Å². The number of hydrogen-bond acceptors (Lipinski definition) is 3. The van der Waals surface area contributed by atoms with Gasteiger partial charge in [0, 0.05) is 18.5 Å². The van der Waals surface area contributed by atoms with Gasteiger partial charge in [0.15, 0.2) is 0 Å². The Morgan fingerprint density at radius 2 is 2.05 bits per heavy atom. The lowest BCUT2D eigenvalue weighted by molar-refractivity contribution is -0.130. The molecule has 0 radical (unpaired) electrons. The fraction of sp³-hybridized carbons (Fsp3) is 0.562. The Kier molecular flexibility index (Phi) is 8.87. The summed E-state index contributed by atoms with van der Waals surface area (Å²) in [6.45, 7) is 1.78. The standard InChI is InChI=1S/C16H25ClN2O2/c1-19(16(20)9-4-2-3-5-10-18)11-12-21-15-8-6-7-14(17)13-15/h6-8,13H,2-5,9-12,18H2,1H3. The highest BCUT2D eigenvalue weighted by atomic mass is 35.5. The Bertz CT molecular complexity index is 426. The largest absolute Gasteiger partial charge is 0.492 e. The molecule has 1 amide bonds. The van der Waals surface area contributed by atoms with E-state index in [0.717, 1.165) is 38.0 Å². The third kappa shape index (κ3) is 7.93. The second-order valence-corrected chi connectivity index (χ2v) is 5.51. The summed E-state index contributed by atoms with van der Waals surface area (Å²) in [5.74, 6) is 0.891. The van der Waals surface area contributed by atoms with Crippen LogP contribution in [0.15, 0.2) is 24.3 Å². The van der Waals surface area contributed by atoms with Gasteiger partial charge in [-0.05, 0) is 37.6 Å². The van der Waals surface area contributed by atoms with Crippen molar-refractivity contribution in [2.75, 3.05) is 26.7 Å². The van der Waals surface area contributed by atoms with E-state index in [1.165, 1.54) is 0 Å². The van der Waals surface area contributed by atoms with E-state index in [4.69, 9.17) is 22.1 Å². The minimum atomic E-state index is 0.164. The molecular weight excluding hydrogens is 288 g/mol. The van der Waals surface area contributed by atoms with Crippen LogP contribution in [0.3, 0.4) is 0 Å². The second kappa shape index (κ2) is 10.5. The lowest BCUT2D eigenvalue weighted by Crippen LogP contribution is -2.30. The molecule has 118 valence electrons. The maximum absolute atomic E-state index is 11.9. The molecule has 0 saturated carbocycles. The number of rotatable bonds is 10. The molecule has 1 rings (SSSR count). The van der Waals surface area contributed by atoms with Crippen molar-refractivity contribution in [2.24, 2.45) is 5.73 Å². The highest BCUT2D eigenvalue weighted by Crippen LogP contribution is 2.16. The summed E-state index contributed by atoms with van der Waals surface area (Å²) in [6, 6.07) is 7.26. The summed E-state index contributed by atoms with van der Waals surface area (Å²) >= 11 is 5.88. The summed E-state index contributed by atoms with van der Waals surface area (Å²) in [6.07, 6.45) is 4.73. The number of hydrogen-bond donors (Lipinski definition) is 1. The normalized spacial score (nSPS) is 10.4. The van der Waals surface area contributed by atoms with Gasteiger partial charge in [0.05, 0.1) is 6.54 Å². The maximum atomic E-state index is 11.9. The first-order valence-corrected chi connectivity index (χ1v) is 7.83. The maximum Gasteiger partial charge on any atom is 0.222 e. The Balaban J connectivity index is 2.14. The molecule has 0 unspecified atom stereocenters. The molecule has 5 heteroatoms. The molecule has 0 aromatic heterocycles. The second-order valence-electron chi connectivity index (χ2n) is 5.07. The van der Waals surface area contributed by atoms with Crippen molar-refractivity contribution in [1.29, 1.82) is 0 Å². The number of likely N-dealkylation sites (N-methyl/N-ethyl adjacent to an activating group) is 1. The van der Waals surface area contributed by atoms with Crippen LogP contribution >= 0.6 is 11.6 Å². The molecule has 0 bridgehead atoms. The van der Waals surface area contributed by atoms with Crippen molar-refractivity contribution < 1.29 is 9.53 Å². The summed E-state index contributed by atoms with van der Waals surface area (Å²) in [7, 11) is 1.81. The Morgan fingerprint density at radius 1 is 1.29 bits per heavy atom. The van der Waals surface area contributed by atoms with Gasteiger partial charge >= 0.3 is 0 Å². The lowest BCUT2D eigenvalue weighted by Gasteiger charge is -2.17. The van der Waals surface area contributed by atoms with Gasteiger partial charge in [0.25, 0.3) is 0 Å². The molecule has 21 heavy (non-hydrogen) atoms. The molecule has 4 nitrogen and oxygen atoms in total.